The third-order valence-electron chi connectivity index (χ3n) is 5.72. The van der Waals surface area contributed by atoms with Gasteiger partial charge in [0.25, 0.3) is 5.91 Å². The molecule has 6 nitrogen and oxygen atoms in total. The second-order valence-corrected chi connectivity index (χ2v) is 7.52. The SMILES string of the molecule is N#Cc1ccc(N2CCC3(CCN(C(=O)c4cc(C=O)ccc4F)C3)C2)nc1. The molecule has 1 atom stereocenters. The van der Waals surface area contributed by atoms with Gasteiger partial charge in [-0.3, -0.25) is 9.59 Å². The van der Waals surface area contributed by atoms with Crippen LogP contribution in [-0.2, 0) is 0 Å². The quantitative estimate of drug-likeness (QED) is 0.768. The lowest BCUT2D eigenvalue weighted by molar-refractivity contribution is 0.0771. The van der Waals surface area contributed by atoms with Crippen LogP contribution in [0.25, 0.3) is 0 Å². The minimum Gasteiger partial charge on any atom is -0.356 e. The Balaban J connectivity index is 1.47. The fourth-order valence-electron chi connectivity index (χ4n) is 4.16. The molecule has 1 spiro atoms. The molecule has 0 aliphatic carbocycles. The third-order valence-corrected chi connectivity index (χ3v) is 5.72. The summed E-state index contributed by atoms with van der Waals surface area (Å²) in [7, 11) is 0. The van der Waals surface area contributed by atoms with Crippen LogP contribution in [0.1, 0.15) is 39.1 Å². The van der Waals surface area contributed by atoms with Crippen LogP contribution in [0.15, 0.2) is 36.5 Å². The Morgan fingerprint density at radius 3 is 2.75 bits per heavy atom. The Hall–Kier alpha value is -3.27. The summed E-state index contributed by atoms with van der Waals surface area (Å²) in [5.74, 6) is -0.148. The molecule has 1 aromatic carbocycles. The predicted octanol–water partition coefficient (Wildman–Crippen LogP) is 2.65. The molecule has 4 rings (SSSR count). The molecule has 0 bridgehead atoms. The van der Waals surface area contributed by atoms with Crippen LogP contribution in [0.5, 0.6) is 0 Å². The third kappa shape index (κ3) is 3.22. The van der Waals surface area contributed by atoms with Gasteiger partial charge in [0.1, 0.15) is 24.0 Å². The summed E-state index contributed by atoms with van der Waals surface area (Å²) in [5, 5.41) is 8.90. The van der Waals surface area contributed by atoms with Crippen molar-refractivity contribution in [2.75, 3.05) is 31.1 Å². The highest BCUT2D eigenvalue weighted by Crippen LogP contribution is 2.41. The highest BCUT2D eigenvalue weighted by atomic mass is 19.1. The van der Waals surface area contributed by atoms with Crippen molar-refractivity contribution in [3.05, 3.63) is 59.0 Å². The van der Waals surface area contributed by atoms with E-state index < -0.39 is 5.82 Å². The summed E-state index contributed by atoms with van der Waals surface area (Å²) in [6, 6.07) is 9.50. The van der Waals surface area contributed by atoms with Crippen LogP contribution >= 0.6 is 0 Å². The first-order valence-corrected chi connectivity index (χ1v) is 9.19. The Labute approximate surface area is 162 Å². The largest absolute Gasteiger partial charge is 0.356 e. The van der Waals surface area contributed by atoms with Gasteiger partial charge in [-0.05, 0) is 43.2 Å². The Bertz CT molecular complexity index is 969. The van der Waals surface area contributed by atoms with E-state index >= 15 is 0 Å². The average molecular weight is 378 g/mol. The maximum atomic E-state index is 14.1. The van der Waals surface area contributed by atoms with Gasteiger partial charge in [-0.1, -0.05) is 0 Å². The number of carbonyl (C=O) groups is 2. The Morgan fingerprint density at radius 2 is 2.04 bits per heavy atom. The fourth-order valence-corrected chi connectivity index (χ4v) is 4.16. The molecular weight excluding hydrogens is 359 g/mol. The topological polar surface area (TPSA) is 77.3 Å². The van der Waals surface area contributed by atoms with Crippen LogP contribution in [0.3, 0.4) is 0 Å². The number of hydrogen-bond donors (Lipinski definition) is 0. The molecule has 1 amide bonds. The fraction of sp³-hybridized carbons (Fsp3) is 0.333. The first kappa shape index (κ1) is 18.1. The van der Waals surface area contributed by atoms with Crippen molar-refractivity contribution >= 4 is 18.0 Å². The van der Waals surface area contributed by atoms with Crippen LogP contribution in [0.2, 0.25) is 0 Å². The number of anilines is 1. The number of pyridine rings is 1. The minimum atomic E-state index is -0.605. The zero-order chi connectivity index (χ0) is 19.7. The summed E-state index contributed by atoms with van der Waals surface area (Å²) in [5.41, 5.74) is 0.724. The zero-order valence-electron chi connectivity index (χ0n) is 15.3. The Kier molecular flexibility index (Phi) is 4.55. The van der Waals surface area contributed by atoms with Gasteiger partial charge in [0.05, 0.1) is 11.1 Å². The molecule has 7 heteroatoms. The lowest BCUT2D eigenvalue weighted by Gasteiger charge is -2.25. The molecule has 0 N–H and O–H groups in total. The monoisotopic (exact) mass is 378 g/mol. The molecule has 2 fully saturated rings. The number of nitrogens with zero attached hydrogens (tertiary/aromatic N) is 4. The normalized spacial score (nSPS) is 21.1. The lowest BCUT2D eigenvalue weighted by Crippen LogP contribution is -2.34. The van der Waals surface area contributed by atoms with E-state index in [0.29, 0.717) is 24.9 Å². The van der Waals surface area contributed by atoms with Gasteiger partial charge in [-0.25, -0.2) is 9.37 Å². The number of nitriles is 1. The van der Waals surface area contributed by atoms with Crippen LogP contribution in [-0.4, -0.2) is 48.3 Å². The number of carbonyl (C=O) groups excluding carboxylic acids is 2. The molecule has 2 aromatic rings. The van der Waals surface area contributed by atoms with E-state index in [-0.39, 0.29) is 22.4 Å². The second-order valence-electron chi connectivity index (χ2n) is 7.52. The van der Waals surface area contributed by atoms with Crippen molar-refractivity contribution in [2.24, 2.45) is 5.41 Å². The van der Waals surface area contributed by atoms with Crippen LogP contribution < -0.4 is 4.90 Å². The summed E-state index contributed by atoms with van der Waals surface area (Å²) < 4.78 is 14.1. The van der Waals surface area contributed by atoms with Crippen molar-refractivity contribution in [2.45, 2.75) is 12.8 Å². The summed E-state index contributed by atoms with van der Waals surface area (Å²) in [6.45, 7) is 2.73. The van der Waals surface area contributed by atoms with Crippen LogP contribution in [0.4, 0.5) is 10.2 Å². The van der Waals surface area contributed by atoms with Crippen molar-refractivity contribution in [3.8, 4) is 6.07 Å². The van der Waals surface area contributed by atoms with E-state index in [1.807, 2.05) is 6.07 Å². The number of halogens is 1. The number of hydrogen-bond acceptors (Lipinski definition) is 5. The van der Waals surface area contributed by atoms with Gasteiger partial charge in [0.2, 0.25) is 0 Å². The van der Waals surface area contributed by atoms with E-state index in [1.165, 1.54) is 12.1 Å². The summed E-state index contributed by atoms with van der Waals surface area (Å²) >= 11 is 0. The first-order chi connectivity index (χ1) is 13.5. The number of benzene rings is 1. The maximum Gasteiger partial charge on any atom is 0.256 e. The summed E-state index contributed by atoms with van der Waals surface area (Å²) in [6.07, 6.45) is 3.95. The summed E-state index contributed by atoms with van der Waals surface area (Å²) in [4.78, 5) is 32.0. The average Bonchev–Trinajstić information content (AvgIpc) is 3.35. The zero-order valence-corrected chi connectivity index (χ0v) is 15.3. The molecule has 0 saturated carbocycles. The van der Waals surface area contributed by atoms with Gasteiger partial charge in [-0.2, -0.15) is 5.26 Å². The van der Waals surface area contributed by atoms with E-state index in [9.17, 15) is 14.0 Å². The van der Waals surface area contributed by atoms with Crippen molar-refractivity contribution in [1.82, 2.24) is 9.88 Å². The molecule has 28 heavy (non-hydrogen) atoms. The molecule has 0 radical (unpaired) electrons. The molecule has 142 valence electrons. The van der Waals surface area contributed by atoms with Gasteiger partial charge >= 0.3 is 0 Å². The van der Waals surface area contributed by atoms with Gasteiger partial charge in [-0.15, -0.1) is 0 Å². The lowest BCUT2D eigenvalue weighted by atomic mass is 9.86. The van der Waals surface area contributed by atoms with Crippen molar-refractivity contribution in [3.63, 3.8) is 0 Å². The van der Waals surface area contributed by atoms with E-state index in [4.69, 9.17) is 5.26 Å². The molecular formula is C21H19FN4O2. The standard InChI is InChI=1S/C21H19FN4O2/c22-18-3-1-15(12-27)9-17(18)20(28)26-8-6-21(14-26)5-7-25(13-21)19-4-2-16(10-23)11-24-19/h1-4,9,11-12H,5-8,13-14H2. The van der Waals surface area contributed by atoms with Crippen molar-refractivity contribution in [1.29, 1.82) is 5.26 Å². The number of rotatable bonds is 3. The highest BCUT2D eigenvalue weighted by Gasteiger charge is 2.45. The molecule has 2 saturated heterocycles. The van der Waals surface area contributed by atoms with Gasteiger partial charge < -0.3 is 9.80 Å². The van der Waals surface area contributed by atoms with E-state index in [1.54, 1.807) is 17.2 Å². The molecule has 3 heterocycles. The minimum absolute atomic E-state index is 0.0377. The van der Waals surface area contributed by atoms with Crippen molar-refractivity contribution < 1.29 is 14.0 Å². The smallest absolute Gasteiger partial charge is 0.256 e. The van der Waals surface area contributed by atoms with Gasteiger partial charge in [0.15, 0.2) is 0 Å². The van der Waals surface area contributed by atoms with Gasteiger partial charge in [0, 0.05) is 43.4 Å². The number of aldehydes is 1. The molecule has 1 unspecified atom stereocenters. The number of likely N-dealkylation sites (tertiary alicyclic amines) is 1. The number of amides is 1. The molecule has 2 aliphatic heterocycles. The maximum absolute atomic E-state index is 14.1. The second kappa shape index (κ2) is 7.04. The number of aromatic nitrogens is 1. The molecule has 1 aromatic heterocycles. The highest BCUT2D eigenvalue weighted by molar-refractivity contribution is 5.96. The Morgan fingerprint density at radius 1 is 1.21 bits per heavy atom. The van der Waals surface area contributed by atoms with Crippen LogP contribution in [0, 0.1) is 22.6 Å². The predicted molar refractivity (Wildman–Crippen MR) is 101 cm³/mol. The molecule has 2 aliphatic rings. The van der Waals surface area contributed by atoms with E-state index in [2.05, 4.69) is 16.0 Å². The first-order valence-electron chi connectivity index (χ1n) is 9.19. The van der Waals surface area contributed by atoms with E-state index in [0.717, 1.165) is 37.8 Å².